The molecule has 42 heavy (non-hydrogen) atoms. The van der Waals surface area contributed by atoms with Crippen LogP contribution in [0.1, 0.15) is 53.4 Å². The van der Waals surface area contributed by atoms with Crippen LogP contribution in [0.5, 0.6) is 0 Å². The quantitative estimate of drug-likeness (QED) is 0.164. The molecule has 5 heteroatoms. The Kier molecular flexibility index (Phi) is 10.9. The molecule has 0 spiro atoms. The fourth-order valence-corrected chi connectivity index (χ4v) is 5.89. The molecule has 2 saturated heterocycles. The Hall–Kier alpha value is -3.57. The Balaban J connectivity index is 1.60. The van der Waals surface area contributed by atoms with E-state index in [0.717, 1.165) is 73.6 Å². The highest BCUT2D eigenvalue weighted by atomic mass is 16.5. The molecule has 0 saturated carbocycles. The average Bonchev–Trinajstić information content (AvgIpc) is 3.32. The first-order valence-corrected chi connectivity index (χ1v) is 15.3. The lowest BCUT2D eigenvalue weighted by atomic mass is 9.90. The minimum absolute atomic E-state index is 0.0271. The van der Waals surface area contributed by atoms with E-state index in [1.54, 1.807) is 18.7 Å². The summed E-state index contributed by atoms with van der Waals surface area (Å²) in [4.78, 5) is 25.2. The summed E-state index contributed by atoms with van der Waals surface area (Å²) in [6.45, 7) is 20.6. The lowest BCUT2D eigenvalue weighted by Crippen LogP contribution is -2.26. The van der Waals surface area contributed by atoms with Crippen LogP contribution in [0.4, 0.5) is 0 Å². The second kappa shape index (κ2) is 14.6. The molecule has 0 amide bonds. The van der Waals surface area contributed by atoms with E-state index in [2.05, 4.69) is 80.3 Å². The molecule has 5 nitrogen and oxygen atoms in total. The summed E-state index contributed by atoms with van der Waals surface area (Å²) >= 11 is 0. The highest BCUT2D eigenvalue weighted by Crippen LogP contribution is 2.29. The molecular formula is C37H47N3O2. The normalized spacial score (nSPS) is 24.4. The van der Waals surface area contributed by atoms with Gasteiger partial charge in [-0.15, -0.1) is 0 Å². The molecule has 0 radical (unpaired) electrons. The van der Waals surface area contributed by atoms with E-state index in [0.29, 0.717) is 29.7 Å². The van der Waals surface area contributed by atoms with E-state index in [4.69, 9.17) is 9.73 Å². The van der Waals surface area contributed by atoms with Crippen LogP contribution in [-0.2, 0) is 9.53 Å². The van der Waals surface area contributed by atoms with Crippen molar-refractivity contribution < 1.29 is 9.53 Å². The molecule has 3 aliphatic heterocycles. The van der Waals surface area contributed by atoms with Crippen molar-refractivity contribution in [2.24, 2.45) is 27.7 Å². The van der Waals surface area contributed by atoms with Gasteiger partial charge in [0.25, 0.3) is 0 Å². The highest BCUT2D eigenvalue weighted by Gasteiger charge is 2.24. The fraction of sp³-hybridized carbons (Fsp3) is 0.432. The average molecular weight is 566 g/mol. The van der Waals surface area contributed by atoms with Gasteiger partial charge in [-0.1, -0.05) is 75.0 Å². The van der Waals surface area contributed by atoms with Crippen LogP contribution in [0.15, 0.2) is 117 Å². The van der Waals surface area contributed by atoms with Crippen molar-refractivity contribution in [2.45, 2.75) is 53.4 Å². The van der Waals surface area contributed by atoms with E-state index in [-0.39, 0.29) is 11.7 Å². The number of hydrogen-bond acceptors (Lipinski definition) is 5. The molecule has 4 aliphatic rings. The summed E-state index contributed by atoms with van der Waals surface area (Å²) < 4.78 is 5.38. The minimum Gasteiger partial charge on any atom is -0.380 e. The first kappa shape index (κ1) is 31.4. The van der Waals surface area contributed by atoms with Crippen molar-refractivity contribution >= 4 is 17.2 Å². The maximum Gasteiger partial charge on any atom is 0.162 e. The van der Waals surface area contributed by atoms with E-state index in [1.165, 1.54) is 5.70 Å². The largest absolute Gasteiger partial charge is 0.380 e. The molecule has 0 aromatic rings. The van der Waals surface area contributed by atoms with Gasteiger partial charge in [-0.3, -0.25) is 9.79 Å². The van der Waals surface area contributed by atoms with Crippen molar-refractivity contribution in [3.8, 4) is 0 Å². The van der Waals surface area contributed by atoms with Gasteiger partial charge in [-0.2, -0.15) is 0 Å². The number of hydrogen-bond donors (Lipinski definition) is 0. The zero-order chi connectivity index (χ0) is 30.2. The highest BCUT2D eigenvalue weighted by molar-refractivity contribution is 6.20. The van der Waals surface area contributed by atoms with E-state index in [9.17, 15) is 4.79 Å². The van der Waals surface area contributed by atoms with Gasteiger partial charge in [0.2, 0.25) is 0 Å². The maximum atomic E-state index is 13.1. The van der Waals surface area contributed by atoms with Gasteiger partial charge < -0.3 is 9.64 Å². The lowest BCUT2D eigenvalue weighted by molar-refractivity contribution is -0.113. The third-order valence-corrected chi connectivity index (χ3v) is 8.40. The molecule has 2 fully saturated rings. The first-order chi connectivity index (χ1) is 20.2. The Labute approximate surface area is 252 Å². The summed E-state index contributed by atoms with van der Waals surface area (Å²) in [5.41, 5.74) is 8.97. The molecule has 2 atom stereocenters. The number of ketones is 1. The number of allylic oxidation sites excluding steroid dienone is 12. The first-order valence-electron chi connectivity index (χ1n) is 15.3. The molecule has 1 aliphatic carbocycles. The Morgan fingerprint density at radius 3 is 2.74 bits per heavy atom. The molecule has 0 bridgehead atoms. The van der Waals surface area contributed by atoms with Crippen molar-refractivity contribution in [1.82, 2.24) is 4.90 Å². The number of carbonyl (C=O) groups excluding carboxylic acids is 1. The predicted octanol–water partition coefficient (Wildman–Crippen LogP) is 7.70. The molecular weight excluding hydrogens is 518 g/mol. The van der Waals surface area contributed by atoms with E-state index in [1.807, 2.05) is 19.1 Å². The van der Waals surface area contributed by atoms with Gasteiger partial charge >= 0.3 is 0 Å². The van der Waals surface area contributed by atoms with Crippen LogP contribution in [0.25, 0.3) is 0 Å². The van der Waals surface area contributed by atoms with Crippen molar-refractivity contribution in [2.75, 3.05) is 33.4 Å². The lowest BCUT2D eigenvalue weighted by Gasteiger charge is -2.25. The zero-order valence-corrected chi connectivity index (χ0v) is 26.2. The molecule has 0 aromatic carbocycles. The van der Waals surface area contributed by atoms with E-state index >= 15 is 0 Å². The molecule has 0 N–H and O–H groups in total. The second-order valence-corrected chi connectivity index (χ2v) is 12.0. The van der Waals surface area contributed by atoms with Gasteiger partial charge in [0.05, 0.1) is 30.3 Å². The van der Waals surface area contributed by atoms with Gasteiger partial charge in [0, 0.05) is 44.2 Å². The van der Waals surface area contributed by atoms with Gasteiger partial charge in [0.15, 0.2) is 5.78 Å². The minimum atomic E-state index is 0.0271. The summed E-state index contributed by atoms with van der Waals surface area (Å²) in [7, 11) is 1.75. The van der Waals surface area contributed by atoms with Gasteiger partial charge in [-0.25, -0.2) is 4.99 Å². The number of rotatable bonds is 9. The third-order valence-electron chi connectivity index (χ3n) is 8.40. The monoisotopic (exact) mass is 565 g/mol. The number of fused-ring (bicyclic) bond motifs is 1. The third kappa shape index (κ3) is 8.04. The summed E-state index contributed by atoms with van der Waals surface area (Å²) in [5, 5.41) is 0. The van der Waals surface area contributed by atoms with Crippen molar-refractivity contribution in [1.29, 1.82) is 0 Å². The topological polar surface area (TPSA) is 54.3 Å². The second-order valence-electron chi connectivity index (χ2n) is 12.0. The van der Waals surface area contributed by atoms with Crippen LogP contribution in [-0.4, -0.2) is 55.5 Å². The predicted molar refractivity (Wildman–Crippen MR) is 177 cm³/mol. The Bertz CT molecular complexity index is 1370. The summed E-state index contributed by atoms with van der Waals surface area (Å²) in [6.07, 6.45) is 22.0. The smallest absolute Gasteiger partial charge is 0.162 e. The van der Waals surface area contributed by atoms with Crippen LogP contribution < -0.4 is 0 Å². The number of carbonyl (C=O) groups is 1. The zero-order valence-electron chi connectivity index (χ0n) is 26.2. The van der Waals surface area contributed by atoms with Crippen LogP contribution in [0.2, 0.25) is 0 Å². The maximum absolute atomic E-state index is 13.1. The Morgan fingerprint density at radius 2 is 2.07 bits per heavy atom. The molecule has 4 rings (SSSR count). The molecule has 1 unspecified atom stereocenters. The number of nitrogens with zero attached hydrogens (tertiary/aromatic N) is 3. The van der Waals surface area contributed by atoms with Crippen molar-refractivity contribution in [3.63, 3.8) is 0 Å². The number of likely N-dealkylation sites (tertiary alicyclic amines) is 1. The molecule has 222 valence electrons. The Morgan fingerprint density at radius 1 is 1.29 bits per heavy atom. The van der Waals surface area contributed by atoms with Gasteiger partial charge in [-0.05, 0) is 73.5 Å². The van der Waals surface area contributed by atoms with Crippen molar-refractivity contribution in [3.05, 3.63) is 107 Å². The van der Waals surface area contributed by atoms with Crippen LogP contribution >= 0.6 is 0 Å². The molecule has 0 aromatic heterocycles. The van der Waals surface area contributed by atoms with Crippen LogP contribution in [0, 0.1) is 17.8 Å². The molecule has 3 heterocycles. The van der Waals surface area contributed by atoms with E-state index < -0.39 is 0 Å². The fourth-order valence-electron chi connectivity index (χ4n) is 5.89. The SMILES string of the molecule is C=C/C(C)=C\C(C)/C(=C\C(=NC)C1=CC(=O)CC2=CC=C(N3CC/C(=C\C4COC4)C[C@H](C)C3)C=CC2=N1)C(=C)CC. The van der Waals surface area contributed by atoms with Crippen LogP contribution in [0.3, 0.4) is 0 Å². The summed E-state index contributed by atoms with van der Waals surface area (Å²) in [6, 6.07) is 0. The number of ether oxygens (including phenoxy) is 1. The standard InChI is InChI=1S/C37H47N3O2/c1-8-25(3)16-28(6)34(27(5)9-2)21-36(38-7)37-20-33(41)19-31-10-11-32(12-13-35(31)39-37)40-15-14-29(17-26(4)22-40)18-30-23-42-24-30/h8,10-13,16,18,20-21,26,28,30H,1,5,9,14-15,17,19,22-24H2,2-4,6-7H3/b25-16-,29-18+,34-21-,38-36?/t26-,28?/m0/s1. The summed E-state index contributed by atoms with van der Waals surface area (Å²) in [5.74, 6) is 1.30. The van der Waals surface area contributed by atoms with Gasteiger partial charge in [0.1, 0.15) is 0 Å². The number of aliphatic imine (C=N–C) groups is 2.